The van der Waals surface area contributed by atoms with Crippen LogP contribution >= 0.6 is 11.6 Å². The van der Waals surface area contributed by atoms with Gasteiger partial charge in [-0.15, -0.1) is 0 Å². The summed E-state index contributed by atoms with van der Waals surface area (Å²) < 4.78 is 0. The van der Waals surface area contributed by atoms with Gasteiger partial charge in [0.2, 0.25) is 0 Å². The maximum atomic E-state index is 6.28. The van der Waals surface area contributed by atoms with Crippen LogP contribution in [0.15, 0.2) is 18.2 Å². The minimum absolute atomic E-state index is 0.435. The summed E-state index contributed by atoms with van der Waals surface area (Å²) in [6.45, 7) is 0. The Labute approximate surface area is 102 Å². The molecule has 3 rings (SSSR count). The lowest BCUT2D eigenvalue weighted by Crippen LogP contribution is -2.34. The number of halogens is 1. The van der Waals surface area contributed by atoms with E-state index in [4.69, 9.17) is 17.3 Å². The van der Waals surface area contributed by atoms with Gasteiger partial charge in [0, 0.05) is 11.1 Å². The first-order valence-electron chi connectivity index (χ1n) is 6.20. The summed E-state index contributed by atoms with van der Waals surface area (Å²) in [5, 5.41) is 0.962. The predicted octanol–water partition coefficient (Wildman–Crippen LogP) is 3.33. The molecule has 2 heteroatoms. The highest BCUT2D eigenvalue weighted by atomic mass is 35.5. The number of rotatable bonds is 0. The van der Waals surface area contributed by atoms with Crippen LogP contribution in [0.5, 0.6) is 0 Å². The van der Waals surface area contributed by atoms with Crippen molar-refractivity contribution in [3.8, 4) is 0 Å². The van der Waals surface area contributed by atoms with Gasteiger partial charge in [0.15, 0.2) is 0 Å². The van der Waals surface area contributed by atoms with Crippen molar-refractivity contribution in [3.05, 3.63) is 34.3 Å². The van der Waals surface area contributed by atoms with Crippen molar-refractivity contribution in [2.24, 2.45) is 11.1 Å². The topological polar surface area (TPSA) is 26.0 Å². The summed E-state index contributed by atoms with van der Waals surface area (Å²) in [6, 6.07) is 6.78. The van der Waals surface area contributed by atoms with Crippen molar-refractivity contribution in [1.82, 2.24) is 0 Å². The number of hydrogen-bond acceptors (Lipinski definition) is 1. The van der Waals surface area contributed by atoms with Crippen molar-refractivity contribution in [3.63, 3.8) is 0 Å². The molecule has 1 nitrogen and oxygen atoms in total. The smallest absolute Gasteiger partial charge is 0.0440 e. The van der Waals surface area contributed by atoms with Crippen LogP contribution in [0.1, 0.15) is 36.8 Å². The summed E-state index contributed by atoms with van der Waals surface area (Å²) in [4.78, 5) is 0. The van der Waals surface area contributed by atoms with Crippen LogP contribution in [-0.2, 0) is 12.8 Å². The monoisotopic (exact) mass is 235 g/mol. The van der Waals surface area contributed by atoms with Gasteiger partial charge in [-0.3, -0.25) is 0 Å². The lowest BCUT2D eigenvalue weighted by atomic mass is 9.71. The highest BCUT2D eigenvalue weighted by Gasteiger charge is 2.40. The average Bonchev–Trinajstić information content (AvgIpc) is 2.63. The second-order valence-corrected chi connectivity index (χ2v) is 5.98. The van der Waals surface area contributed by atoms with E-state index < -0.39 is 0 Å². The molecule has 2 aliphatic rings. The first-order chi connectivity index (χ1) is 7.69. The minimum atomic E-state index is 0.435. The fourth-order valence-electron chi connectivity index (χ4n) is 3.41. The Hall–Kier alpha value is -0.530. The largest absolute Gasteiger partial charge is 0.328 e. The van der Waals surface area contributed by atoms with E-state index in [1.807, 2.05) is 6.07 Å². The molecule has 86 valence electrons. The molecule has 0 radical (unpaired) electrons. The summed E-state index contributed by atoms with van der Waals surface area (Å²) >= 11 is 6.28. The van der Waals surface area contributed by atoms with Gasteiger partial charge in [-0.05, 0) is 61.1 Å². The van der Waals surface area contributed by atoms with Crippen LogP contribution < -0.4 is 5.73 Å². The molecule has 0 aliphatic heterocycles. The highest BCUT2D eigenvalue weighted by Crippen LogP contribution is 2.48. The first kappa shape index (κ1) is 10.6. The molecule has 16 heavy (non-hydrogen) atoms. The normalized spacial score (nSPS) is 33.0. The SMILES string of the molecule is NC1CCC2(CC1)Cc1cccc(Cl)c1C2. The molecule has 2 aliphatic carbocycles. The predicted molar refractivity (Wildman–Crippen MR) is 67.7 cm³/mol. The lowest BCUT2D eigenvalue weighted by Gasteiger charge is -2.36. The Morgan fingerprint density at radius 1 is 1.19 bits per heavy atom. The lowest BCUT2D eigenvalue weighted by molar-refractivity contribution is 0.187. The van der Waals surface area contributed by atoms with E-state index in [2.05, 4.69) is 12.1 Å². The van der Waals surface area contributed by atoms with Crippen molar-refractivity contribution in [1.29, 1.82) is 0 Å². The van der Waals surface area contributed by atoms with Crippen LogP contribution in [0.3, 0.4) is 0 Å². The van der Waals surface area contributed by atoms with E-state index in [1.54, 1.807) is 0 Å². The number of hydrogen-bond donors (Lipinski definition) is 1. The minimum Gasteiger partial charge on any atom is -0.328 e. The molecule has 0 atom stereocenters. The number of nitrogens with two attached hydrogens (primary N) is 1. The maximum absolute atomic E-state index is 6.28. The second-order valence-electron chi connectivity index (χ2n) is 5.57. The third-order valence-corrected chi connectivity index (χ3v) is 4.78. The van der Waals surface area contributed by atoms with Crippen LogP contribution in [-0.4, -0.2) is 6.04 Å². The van der Waals surface area contributed by atoms with Crippen molar-refractivity contribution in [2.75, 3.05) is 0 Å². The Morgan fingerprint density at radius 2 is 1.94 bits per heavy atom. The van der Waals surface area contributed by atoms with Crippen molar-refractivity contribution < 1.29 is 0 Å². The molecule has 0 aromatic heterocycles. The Kier molecular flexibility index (Phi) is 2.49. The van der Waals surface area contributed by atoms with E-state index in [-0.39, 0.29) is 0 Å². The van der Waals surface area contributed by atoms with Gasteiger partial charge < -0.3 is 5.73 Å². The summed E-state index contributed by atoms with van der Waals surface area (Å²) in [7, 11) is 0. The molecule has 0 saturated heterocycles. The molecule has 1 aromatic carbocycles. The van der Waals surface area contributed by atoms with Crippen LogP contribution in [0.2, 0.25) is 5.02 Å². The number of benzene rings is 1. The highest BCUT2D eigenvalue weighted by molar-refractivity contribution is 6.31. The molecule has 0 amide bonds. The molecule has 0 unspecified atom stereocenters. The van der Waals surface area contributed by atoms with Crippen LogP contribution in [0.25, 0.3) is 0 Å². The quantitative estimate of drug-likeness (QED) is 0.734. The Bertz CT molecular complexity index is 405. The van der Waals surface area contributed by atoms with E-state index >= 15 is 0 Å². The van der Waals surface area contributed by atoms with Crippen molar-refractivity contribution >= 4 is 11.6 Å². The van der Waals surface area contributed by atoms with Crippen molar-refractivity contribution in [2.45, 2.75) is 44.6 Å². The first-order valence-corrected chi connectivity index (χ1v) is 6.58. The molecule has 0 heterocycles. The van der Waals surface area contributed by atoms with Gasteiger partial charge in [-0.2, -0.15) is 0 Å². The van der Waals surface area contributed by atoms with Gasteiger partial charge in [0.25, 0.3) is 0 Å². The van der Waals surface area contributed by atoms with E-state index in [9.17, 15) is 0 Å². The fourth-order valence-corrected chi connectivity index (χ4v) is 3.68. The molecular weight excluding hydrogens is 218 g/mol. The summed E-state index contributed by atoms with van der Waals surface area (Å²) in [5.74, 6) is 0. The number of fused-ring (bicyclic) bond motifs is 1. The third kappa shape index (κ3) is 1.66. The van der Waals surface area contributed by atoms with Gasteiger partial charge in [0.1, 0.15) is 0 Å². The molecular formula is C14H18ClN. The van der Waals surface area contributed by atoms with E-state index in [0.717, 1.165) is 5.02 Å². The van der Waals surface area contributed by atoms with Crippen LogP contribution in [0.4, 0.5) is 0 Å². The van der Waals surface area contributed by atoms with E-state index in [0.29, 0.717) is 11.5 Å². The molecule has 1 fully saturated rings. The molecule has 0 bridgehead atoms. The fraction of sp³-hybridized carbons (Fsp3) is 0.571. The molecule has 1 saturated carbocycles. The molecule has 2 N–H and O–H groups in total. The second kappa shape index (κ2) is 3.75. The van der Waals surface area contributed by atoms with Gasteiger partial charge in [-0.25, -0.2) is 0 Å². The molecule has 1 spiro atoms. The zero-order valence-electron chi connectivity index (χ0n) is 9.51. The van der Waals surface area contributed by atoms with Gasteiger partial charge in [0.05, 0.1) is 0 Å². The van der Waals surface area contributed by atoms with Gasteiger partial charge in [-0.1, -0.05) is 23.7 Å². The Balaban J connectivity index is 1.87. The zero-order valence-corrected chi connectivity index (χ0v) is 10.3. The standard InChI is InChI=1S/C14H18ClN/c15-13-3-1-2-10-8-14(9-12(10)13)6-4-11(16)5-7-14/h1-3,11H,4-9,16H2. The summed E-state index contributed by atoms with van der Waals surface area (Å²) in [6.07, 6.45) is 7.32. The average molecular weight is 236 g/mol. The summed E-state index contributed by atoms with van der Waals surface area (Å²) in [5.41, 5.74) is 9.36. The van der Waals surface area contributed by atoms with E-state index in [1.165, 1.54) is 49.7 Å². The zero-order chi connectivity index (χ0) is 11.2. The third-order valence-electron chi connectivity index (χ3n) is 4.42. The van der Waals surface area contributed by atoms with Crippen LogP contribution in [0, 0.1) is 5.41 Å². The van der Waals surface area contributed by atoms with Gasteiger partial charge >= 0.3 is 0 Å². The Morgan fingerprint density at radius 3 is 2.62 bits per heavy atom. The molecule has 1 aromatic rings. The maximum Gasteiger partial charge on any atom is 0.0440 e.